The number of benzene rings is 1. The van der Waals surface area contributed by atoms with Gasteiger partial charge in [0.1, 0.15) is 11.6 Å². The van der Waals surface area contributed by atoms with Crippen LogP contribution in [0.1, 0.15) is 23.0 Å². The van der Waals surface area contributed by atoms with Gasteiger partial charge < -0.3 is 10.6 Å². The van der Waals surface area contributed by atoms with Crippen LogP contribution in [0.15, 0.2) is 61.1 Å². The molecule has 1 fully saturated rings. The Labute approximate surface area is 145 Å². The highest BCUT2D eigenvalue weighted by atomic mass is 19.1. The number of piperidine rings is 1. The van der Waals surface area contributed by atoms with Crippen LogP contribution in [0.3, 0.4) is 0 Å². The van der Waals surface area contributed by atoms with Gasteiger partial charge in [0.15, 0.2) is 0 Å². The van der Waals surface area contributed by atoms with Crippen LogP contribution in [0.5, 0.6) is 0 Å². The molecule has 0 bridgehead atoms. The second-order valence-corrected chi connectivity index (χ2v) is 6.34. The summed E-state index contributed by atoms with van der Waals surface area (Å²) in [6.07, 6.45) is 5.39. The van der Waals surface area contributed by atoms with Gasteiger partial charge in [0.2, 0.25) is 0 Å². The molecule has 6 heteroatoms. The Morgan fingerprint density at radius 3 is 2.44 bits per heavy atom. The van der Waals surface area contributed by atoms with E-state index >= 15 is 0 Å². The number of rotatable bonds is 4. The largest absolute Gasteiger partial charge is 0.366 e. The number of H-pyrrole nitrogens is 1. The lowest BCUT2D eigenvalue weighted by Gasteiger charge is -2.40. The SMILES string of the molecule is Fc1ccc(C2CNCC(Nc3ccn[nH]3)C2c2ccncc2)cc1. The number of anilines is 1. The molecule has 1 saturated heterocycles. The standard InChI is InChI=1S/C19H20FN5/c20-15-3-1-13(2-4-15)16-11-22-12-17(24-18-7-10-23-25-18)19(16)14-5-8-21-9-6-14/h1-10,16-17,19,22H,11-12H2,(H2,23,24,25). The van der Waals surface area contributed by atoms with Crippen LogP contribution < -0.4 is 10.6 Å². The summed E-state index contributed by atoms with van der Waals surface area (Å²) in [7, 11) is 0. The zero-order chi connectivity index (χ0) is 17.1. The van der Waals surface area contributed by atoms with Crippen LogP contribution in [0.4, 0.5) is 10.2 Å². The normalized spacial score (nSPS) is 23.3. The molecule has 3 N–H and O–H groups in total. The van der Waals surface area contributed by atoms with Crippen LogP contribution in [-0.4, -0.2) is 34.3 Å². The van der Waals surface area contributed by atoms with Crippen LogP contribution in [0.2, 0.25) is 0 Å². The van der Waals surface area contributed by atoms with E-state index in [1.807, 2.05) is 30.6 Å². The van der Waals surface area contributed by atoms with E-state index in [-0.39, 0.29) is 23.7 Å². The second-order valence-electron chi connectivity index (χ2n) is 6.34. The first-order valence-electron chi connectivity index (χ1n) is 8.43. The summed E-state index contributed by atoms with van der Waals surface area (Å²) in [4.78, 5) is 4.15. The minimum atomic E-state index is -0.208. The lowest BCUT2D eigenvalue weighted by molar-refractivity contribution is 0.372. The third kappa shape index (κ3) is 3.39. The van der Waals surface area contributed by atoms with Crippen LogP contribution in [-0.2, 0) is 0 Å². The summed E-state index contributed by atoms with van der Waals surface area (Å²) >= 11 is 0. The lowest BCUT2D eigenvalue weighted by Crippen LogP contribution is -2.48. The molecule has 3 atom stereocenters. The molecule has 3 aromatic rings. The molecule has 0 spiro atoms. The molecule has 3 heterocycles. The third-order valence-corrected chi connectivity index (χ3v) is 4.83. The molecule has 0 aliphatic carbocycles. The Morgan fingerprint density at radius 1 is 0.920 bits per heavy atom. The van der Waals surface area contributed by atoms with E-state index in [2.05, 4.69) is 37.9 Å². The Balaban J connectivity index is 1.70. The number of aromatic nitrogens is 3. The molecule has 2 aromatic heterocycles. The molecule has 128 valence electrons. The monoisotopic (exact) mass is 337 g/mol. The van der Waals surface area contributed by atoms with E-state index in [9.17, 15) is 4.39 Å². The van der Waals surface area contributed by atoms with Crippen LogP contribution in [0.25, 0.3) is 0 Å². The fraction of sp³-hybridized carbons (Fsp3) is 0.263. The maximum atomic E-state index is 13.4. The van der Waals surface area contributed by atoms with Crippen molar-refractivity contribution >= 4 is 5.82 Å². The third-order valence-electron chi connectivity index (χ3n) is 4.83. The van der Waals surface area contributed by atoms with Crippen molar-refractivity contribution in [3.05, 3.63) is 78.0 Å². The average Bonchev–Trinajstić information content (AvgIpc) is 3.16. The smallest absolute Gasteiger partial charge is 0.123 e. The first kappa shape index (κ1) is 15.8. The van der Waals surface area contributed by atoms with Gasteiger partial charge >= 0.3 is 0 Å². The van der Waals surface area contributed by atoms with E-state index in [0.29, 0.717) is 0 Å². The van der Waals surface area contributed by atoms with Crippen LogP contribution in [0, 0.1) is 5.82 Å². The molecule has 4 rings (SSSR count). The quantitative estimate of drug-likeness (QED) is 0.685. The molecule has 1 aliphatic rings. The molecule has 1 aliphatic heterocycles. The molecule has 0 saturated carbocycles. The molecular weight excluding hydrogens is 317 g/mol. The zero-order valence-corrected chi connectivity index (χ0v) is 13.7. The maximum Gasteiger partial charge on any atom is 0.123 e. The van der Waals surface area contributed by atoms with E-state index in [1.54, 1.807) is 6.20 Å². The summed E-state index contributed by atoms with van der Waals surface area (Å²) in [6.45, 7) is 1.68. The highest BCUT2D eigenvalue weighted by molar-refractivity contribution is 5.39. The fourth-order valence-corrected chi connectivity index (χ4v) is 3.69. The van der Waals surface area contributed by atoms with Crippen molar-refractivity contribution in [1.82, 2.24) is 20.5 Å². The Kier molecular flexibility index (Phi) is 4.43. The Morgan fingerprint density at radius 2 is 1.72 bits per heavy atom. The van der Waals surface area contributed by atoms with Gasteiger partial charge in [0, 0.05) is 43.4 Å². The maximum absolute atomic E-state index is 13.4. The molecular formula is C19H20FN5. The van der Waals surface area contributed by atoms with Crippen molar-refractivity contribution < 1.29 is 4.39 Å². The summed E-state index contributed by atoms with van der Waals surface area (Å²) in [6, 6.07) is 13.1. The second kappa shape index (κ2) is 7.03. The van der Waals surface area contributed by atoms with Gasteiger partial charge in [-0.1, -0.05) is 12.1 Å². The minimum Gasteiger partial charge on any atom is -0.366 e. The lowest BCUT2D eigenvalue weighted by atomic mass is 9.75. The highest BCUT2D eigenvalue weighted by Gasteiger charge is 2.35. The molecule has 25 heavy (non-hydrogen) atoms. The van der Waals surface area contributed by atoms with E-state index in [0.717, 1.165) is 24.5 Å². The molecule has 5 nitrogen and oxygen atoms in total. The van der Waals surface area contributed by atoms with E-state index < -0.39 is 0 Å². The Bertz CT molecular complexity index is 788. The number of halogens is 1. The summed E-state index contributed by atoms with van der Waals surface area (Å²) in [5.74, 6) is 1.15. The highest BCUT2D eigenvalue weighted by Crippen LogP contribution is 2.38. The number of hydrogen-bond donors (Lipinski definition) is 3. The summed E-state index contributed by atoms with van der Waals surface area (Å²) in [5.41, 5.74) is 2.36. The van der Waals surface area contributed by atoms with Gasteiger partial charge in [-0.05, 0) is 41.5 Å². The number of nitrogens with zero attached hydrogens (tertiary/aromatic N) is 2. The van der Waals surface area contributed by atoms with Crippen LogP contribution >= 0.6 is 0 Å². The topological polar surface area (TPSA) is 65.6 Å². The zero-order valence-electron chi connectivity index (χ0n) is 13.7. The van der Waals surface area contributed by atoms with Crippen molar-refractivity contribution in [1.29, 1.82) is 0 Å². The van der Waals surface area contributed by atoms with Gasteiger partial charge in [-0.15, -0.1) is 0 Å². The van der Waals surface area contributed by atoms with Gasteiger partial charge in [-0.25, -0.2) is 4.39 Å². The fourth-order valence-electron chi connectivity index (χ4n) is 3.69. The van der Waals surface area contributed by atoms with Gasteiger partial charge in [-0.2, -0.15) is 5.10 Å². The number of aromatic amines is 1. The molecule has 0 amide bonds. The van der Waals surface area contributed by atoms with E-state index in [1.165, 1.54) is 17.7 Å². The van der Waals surface area contributed by atoms with Gasteiger partial charge in [0.05, 0.1) is 6.20 Å². The van der Waals surface area contributed by atoms with E-state index in [4.69, 9.17) is 0 Å². The van der Waals surface area contributed by atoms with Gasteiger partial charge in [0.25, 0.3) is 0 Å². The number of pyridine rings is 1. The van der Waals surface area contributed by atoms with Crippen molar-refractivity contribution in [2.75, 3.05) is 18.4 Å². The number of nitrogens with one attached hydrogen (secondary N) is 3. The van der Waals surface area contributed by atoms with Gasteiger partial charge in [-0.3, -0.25) is 10.1 Å². The van der Waals surface area contributed by atoms with Crippen molar-refractivity contribution in [3.8, 4) is 0 Å². The molecule has 1 aromatic carbocycles. The summed E-state index contributed by atoms with van der Waals surface area (Å²) < 4.78 is 13.4. The number of hydrogen-bond acceptors (Lipinski definition) is 4. The first-order valence-corrected chi connectivity index (χ1v) is 8.43. The molecule has 0 radical (unpaired) electrons. The average molecular weight is 337 g/mol. The van der Waals surface area contributed by atoms with Crippen molar-refractivity contribution in [2.45, 2.75) is 17.9 Å². The predicted molar refractivity (Wildman–Crippen MR) is 95.0 cm³/mol. The summed E-state index contributed by atoms with van der Waals surface area (Å²) in [5, 5.41) is 14.0. The van der Waals surface area contributed by atoms with Crippen molar-refractivity contribution in [3.63, 3.8) is 0 Å². The molecule has 3 unspecified atom stereocenters. The van der Waals surface area contributed by atoms with Crippen molar-refractivity contribution in [2.24, 2.45) is 0 Å². The minimum absolute atomic E-state index is 0.173. The Hall–Kier alpha value is -2.73. The predicted octanol–water partition coefficient (Wildman–Crippen LogP) is 2.90. The first-order chi connectivity index (χ1) is 12.3.